The monoisotopic (exact) mass is 220 g/mol. The van der Waals surface area contributed by atoms with Crippen LogP contribution in [-0.2, 0) is 0 Å². The van der Waals surface area contributed by atoms with Crippen LogP contribution in [0.1, 0.15) is 5.56 Å². The molecule has 2 N–H and O–H groups in total. The highest BCUT2D eigenvalue weighted by Crippen LogP contribution is 2.25. The van der Waals surface area contributed by atoms with E-state index in [1.807, 2.05) is 6.92 Å². The average Bonchev–Trinajstić information content (AvgIpc) is 2.04. The molecule has 4 nitrogen and oxygen atoms in total. The molecule has 0 atom stereocenters. The van der Waals surface area contributed by atoms with Crippen LogP contribution < -0.4 is 8.37 Å². The van der Waals surface area contributed by atoms with Gasteiger partial charge in [-0.05, 0) is 24.6 Å². The molecule has 0 amide bonds. The van der Waals surface area contributed by atoms with Crippen molar-refractivity contribution in [2.45, 2.75) is 6.92 Å². The summed E-state index contributed by atoms with van der Waals surface area (Å²) in [4.78, 5) is 0. The van der Waals surface area contributed by atoms with Gasteiger partial charge in [0.05, 0.1) is 0 Å². The van der Waals surface area contributed by atoms with Crippen molar-refractivity contribution in [3.63, 3.8) is 0 Å². The predicted octanol–water partition coefficient (Wildman–Crippen LogP) is 3.00. The fourth-order valence-electron chi connectivity index (χ4n) is 0.896. The summed E-state index contributed by atoms with van der Waals surface area (Å²) in [6.45, 7) is 1.85. The first-order chi connectivity index (χ1) is 6.26. The maximum atomic E-state index is 8.43. The van der Waals surface area contributed by atoms with Crippen molar-refractivity contribution in [1.82, 2.24) is 0 Å². The molecule has 0 aliphatic heterocycles. The molecular weight excluding hydrogens is 212 g/mol. The number of benzene rings is 1. The molecule has 0 bridgehead atoms. The molecule has 0 fully saturated rings. The Balaban J connectivity index is 2.83. The van der Waals surface area contributed by atoms with E-state index in [-0.39, 0.29) is 24.6 Å². The van der Waals surface area contributed by atoms with Crippen molar-refractivity contribution in [1.29, 1.82) is 0 Å². The maximum Gasteiger partial charge on any atom is 0.222 e. The lowest BCUT2D eigenvalue weighted by atomic mass is 10.2. The van der Waals surface area contributed by atoms with Gasteiger partial charge in [0.2, 0.25) is 24.6 Å². The van der Waals surface area contributed by atoms with Crippen LogP contribution in [0.5, 0.6) is 11.5 Å². The summed E-state index contributed by atoms with van der Waals surface area (Å²) in [6.07, 6.45) is 0. The van der Waals surface area contributed by atoms with Gasteiger partial charge in [0.1, 0.15) is 11.5 Å². The van der Waals surface area contributed by atoms with E-state index in [2.05, 4.69) is 0 Å². The van der Waals surface area contributed by atoms with Gasteiger partial charge in [0.15, 0.2) is 0 Å². The Bertz CT molecular complexity index is 255. The van der Waals surface area contributed by atoms with Crippen molar-refractivity contribution in [2.24, 2.45) is 0 Å². The first-order valence-corrected chi connectivity index (χ1v) is 4.74. The largest absolute Gasteiger partial charge is 0.400 e. The molecule has 0 radical (unpaired) electrons. The smallest absolute Gasteiger partial charge is 0.222 e. The minimum atomic E-state index is 0.265. The average molecular weight is 220 g/mol. The van der Waals surface area contributed by atoms with E-state index in [0.717, 1.165) is 5.56 Å². The number of hydrogen-bond acceptors (Lipinski definition) is 6. The van der Waals surface area contributed by atoms with Gasteiger partial charge in [-0.3, -0.25) is 9.11 Å². The van der Waals surface area contributed by atoms with Crippen LogP contribution in [0, 0.1) is 6.92 Å². The molecule has 6 heteroatoms. The van der Waals surface area contributed by atoms with Crippen LogP contribution in [-0.4, -0.2) is 9.11 Å². The Kier molecular flexibility index (Phi) is 4.23. The van der Waals surface area contributed by atoms with Crippen molar-refractivity contribution in [2.75, 3.05) is 0 Å². The number of aryl methyl sites for hydroxylation is 1. The third kappa shape index (κ3) is 3.35. The fourth-order valence-corrected chi connectivity index (χ4v) is 1.26. The zero-order chi connectivity index (χ0) is 9.68. The molecule has 1 aromatic rings. The molecule has 0 spiro atoms. The maximum absolute atomic E-state index is 8.43. The summed E-state index contributed by atoms with van der Waals surface area (Å²) in [7, 11) is 0. The molecule has 0 saturated heterocycles. The van der Waals surface area contributed by atoms with Gasteiger partial charge < -0.3 is 8.37 Å². The molecule has 0 aromatic heterocycles. The Morgan fingerprint density at radius 1 is 1.00 bits per heavy atom. The van der Waals surface area contributed by atoms with Gasteiger partial charge in [-0.1, -0.05) is 0 Å². The van der Waals surface area contributed by atoms with E-state index in [0.29, 0.717) is 11.5 Å². The Labute approximate surface area is 84.7 Å². The first kappa shape index (κ1) is 10.5. The second kappa shape index (κ2) is 5.23. The third-order valence-corrected chi connectivity index (χ3v) is 1.83. The van der Waals surface area contributed by atoms with Gasteiger partial charge in [-0.25, -0.2) is 0 Å². The molecule has 0 saturated carbocycles. The standard InChI is InChI=1S/C7H8O4S2/c1-5-2-6(10-12-8)4-7(3-5)11-13-9/h2-4,8-9H,1H3. The van der Waals surface area contributed by atoms with Crippen LogP contribution in [0.3, 0.4) is 0 Å². The van der Waals surface area contributed by atoms with Crippen LogP contribution in [0.4, 0.5) is 0 Å². The minimum Gasteiger partial charge on any atom is -0.400 e. The highest BCUT2D eigenvalue weighted by molar-refractivity contribution is 7.89. The molecule has 1 rings (SSSR count). The zero-order valence-electron chi connectivity index (χ0n) is 6.76. The zero-order valence-corrected chi connectivity index (χ0v) is 8.39. The molecule has 13 heavy (non-hydrogen) atoms. The molecule has 0 unspecified atom stereocenters. The van der Waals surface area contributed by atoms with Gasteiger partial charge in [-0.2, -0.15) is 0 Å². The van der Waals surface area contributed by atoms with Crippen LogP contribution in [0.2, 0.25) is 0 Å². The Morgan fingerprint density at radius 2 is 1.46 bits per heavy atom. The summed E-state index contributed by atoms with van der Waals surface area (Å²) >= 11 is 0.531. The van der Waals surface area contributed by atoms with E-state index >= 15 is 0 Å². The van der Waals surface area contributed by atoms with E-state index in [1.165, 1.54) is 0 Å². The van der Waals surface area contributed by atoms with E-state index in [9.17, 15) is 0 Å². The van der Waals surface area contributed by atoms with Gasteiger partial charge >= 0.3 is 0 Å². The fraction of sp³-hybridized carbons (Fsp3) is 0.143. The highest BCUT2D eigenvalue weighted by atomic mass is 32.2. The third-order valence-electron chi connectivity index (χ3n) is 1.29. The summed E-state index contributed by atoms with van der Waals surface area (Å²) in [5.74, 6) is 0.938. The normalized spacial score (nSPS) is 9.77. The minimum absolute atomic E-state index is 0.265. The lowest BCUT2D eigenvalue weighted by Gasteiger charge is -2.04. The number of hydrogen-bond donors (Lipinski definition) is 2. The van der Waals surface area contributed by atoms with Crippen molar-refractivity contribution >= 4 is 24.6 Å². The van der Waals surface area contributed by atoms with Crippen LogP contribution in [0.25, 0.3) is 0 Å². The second-order valence-electron chi connectivity index (χ2n) is 2.30. The molecular formula is C7H8O4S2. The molecule has 0 heterocycles. The molecule has 0 aliphatic rings. The predicted molar refractivity (Wildman–Crippen MR) is 52.9 cm³/mol. The van der Waals surface area contributed by atoms with E-state index in [1.54, 1.807) is 18.2 Å². The lowest BCUT2D eigenvalue weighted by molar-refractivity contribution is 0.526. The topological polar surface area (TPSA) is 58.9 Å². The van der Waals surface area contributed by atoms with Gasteiger partial charge in [0.25, 0.3) is 0 Å². The first-order valence-electron chi connectivity index (χ1n) is 3.34. The molecule has 72 valence electrons. The van der Waals surface area contributed by atoms with Crippen LogP contribution in [0.15, 0.2) is 18.2 Å². The van der Waals surface area contributed by atoms with Crippen molar-refractivity contribution < 1.29 is 17.5 Å². The summed E-state index contributed by atoms with van der Waals surface area (Å²) in [5.41, 5.74) is 0.913. The molecule has 0 aliphatic carbocycles. The summed E-state index contributed by atoms with van der Waals surface area (Å²) in [6, 6.07) is 5.02. The quantitative estimate of drug-likeness (QED) is 0.761. The Morgan fingerprint density at radius 3 is 1.85 bits per heavy atom. The van der Waals surface area contributed by atoms with Gasteiger partial charge in [-0.15, -0.1) is 0 Å². The van der Waals surface area contributed by atoms with Crippen molar-refractivity contribution in [3.8, 4) is 11.5 Å². The summed E-state index contributed by atoms with van der Waals surface area (Å²) < 4.78 is 26.4. The van der Waals surface area contributed by atoms with E-state index < -0.39 is 0 Å². The summed E-state index contributed by atoms with van der Waals surface area (Å²) in [5, 5.41) is 0. The second-order valence-corrected chi connectivity index (χ2v) is 2.93. The SMILES string of the molecule is Cc1cc(OSO)cc(OSO)c1. The van der Waals surface area contributed by atoms with Crippen LogP contribution >= 0.6 is 24.6 Å². The lowest BCUT2D eigenvalue weighted by Crippen LogP contribution is -1.85. The van der Waals surface area contributed by atoms with Gasteiger partial charge in [0, 0.05) is 6.07 Å². The highest BCUT2D eigenvalue weighted by Gasteiger charge is 2.01. The Hall–Kier alpha value is -0.560. The van der Waals surface area contributed by atoms with E-state index in [4.69, 9.17) is 17.5 Å². The number of rotatable bonds is 4. The molecule has 1 aromatic carbocycles. The van der Waals surface area contributed by atoms with Crippen molar-refractivity contribution in [3.05, 3.63) is 23.8 Å².